The summed E-state index contributed by atoms with van der Waals surface area (Å²) in [7, 11) is 4.60. The smallest absolute Gasteiger partial charge is 0.321 e. The summed E-state index contributed by atoms with van der Waals surface area (Å²) in [6, 6.07) is 2.73. The molecule has 0 bridgehead atoms. The van der Waals surface area contributed by atoms with Gasteiger partial charge < -0.3 is 19.9 Å². The Morgan fingerprint density at radius 1 is 1.44 bits per heavy atom. The summed E-state index contributed by atoms with van der Waals surface area (Å²) in [6.07, 6.45) is 0.311. The highest BCUT2D eigenvalue weighted by molar-refractivity contribution is 6.32. The molecule has 0 aromatic heterocycles. The number of aliphatic carboxylic acids is 1. The standard InChI is InChI=1S/C12H16ClNO4/c1-14-9(12(15)16)5-7-4-8(13)11(18-3)10(6-7)17-2/h4,6,9,14H,5H2,1-3H3,(H,15,16)/t9-/m1/s1. The predicted molar refractivity (Wildman–Crippen MR) is 68.7 cm³/mol. The number of rotatable bonds is 6. The molecule has 0 aliphatic rings. The van der Waals surface area contributed by atoms with Gasteiger partial charge in [0.15, 0.2) is 11.5 Å². The van der Waals surface area contributed by atoms with Crippen LogP contribution in [-0.4, -0.2) is 38.4 Å². The van der Waals surface area contributed by atoms with Crippen molar-refractivity contribution in [1.29, 1.82) is 0 Å². The van der Waals surface area contributed by atoms with Gasteiger partial charge in [0.25, 0.3) is 0 Å². The van der Waals surface area contributed by atoms with Crippen LogP contribution in [0.5, 0.6) is 11.5 Å². The number of carbonyl (C=O) groups is 1. The quantitative estimate of drug-likeness (QED) is 0.824. The van der Waals surface area contributed by atoms with Gasteiger partial charge in [0.05, 0.1) is 19.2 Å². The van der Waals surface area contributed by atoms with Crippen molar-refractivity contribution < 1.29 is 19.4 Å². The summed E-state index contributed by atoms with van der Waals surface area (Å²) in [5.74, 6) is 0.0166. The third-order valence-electron chi connectivity index (χ3n) is 2.58. The number of benzene rings is 1. The molecule has 0 aliphatic heterocycles. The maximum atomic E-state index is 10.9. The molecule has 6 heteroatoms. The van der Waals surface area contributed by atoms with Gasteiger partial charge in [-0.1, -0.05) is 11.6 Å². The summed E-state index contributed by atoms with van der Waals surface area (Å²) in [5.41, 5.74) is 0.763. The molecule has 5 nitrogen and oxygen atoms in total. The van der Waals surface area contributed by atoms with Crippen molar-refractivity contribution in [2.24, 2.45) is 0 Å². The lowest BCUT2D eigenvalue weighted by atomic mass is 10.1. The lowest BCUT2D eigenvalue weighted by molar-refractivity contribution is -0.139. The van der Waals surface area contributed by atoms with Gasteiger partial charge in [0.1, 0.15) is 6.04 Å². The third-order valence-corrected chi connectivity index (χ3v) is 2.86. The molecule has 100 valence electrons. The van der Waals surface area contributed by atoms with E-state index in [-0.39, 0.29) is 0 Å². The van der Waals surface area contributed by atoms with Gasteiger partial charge in [-0.2, -0.15) is 0 Å². The van der Waals surface area contributed by atoms with E-state index in [1.165, 1.54) is 14.2 Å². The van der Waals surface area contributed by atoms with E-state index in [2.05, 4.69) is 5.32 Å². The van der Waals surface area contributed by atoms with E-state index in [1.54, 1.807) is 19.2 Å². The zero-order valence-corrected chi connectivity index (χ0v) is 11.2. The molecule has 0 spiro atoms. The number of carboxylic acids is 1. The zero-order valence-electron chi connectivity index (χ0n) is 10.5. The number of methoxy groups -OCH3 is 2. The number of nitrogens with one attached hydrogen (secondary N) is 1. The second-order valence-corrected chi connectivity index (χ2v) is 4.10. The topological polar surface area (TPSA) is 67.8 Å². The molecule has 0 saturated carbocycles. The van der Waals surface area contributed by atoms with Crippen LogP contribution in [-0.2, 0) is 11.2 Å². The van der Waals surface area contributed by atoms with Crippen LogP contribution in [0.4, 0.5) is 0 Å². The van der Waals surface area contributed by atoms with Crippen LogP contribution in [0.15, 0.2) is 12.1 Å². The molecule has 0 unspecified atom stereocenters. The molecular weight excluding hydrogens is 258 g/mol. The van der Waals surface area contributed by atoms with Gasteiger partial charge in [0, 0.05) is 0 Å². The van der Waals surface area contributed by atoms with Crippen molar-refractivity contribution in [3.8, 4) is 11.5 Å². The molecule has 1 atom stereocenters. The van der Waals surface area contributed by atoms with Crippen molar-refractivity contribution in [3.05, 3.63) is 22.7 Å². The van der Waals surface area contributed by atoms with Crippen LogP contribution < -0.4 is 14.8 Å². The van der Waals surface area contributed by atoms with Gasteiger partial charge in [0.2, 0.25) is 0 Å². The lowest BCUT2D eigenvalue weighted by Crippen LogP contribution is -2.35. The first-order valence-electron chi connectivity index (χ1n) is 5.34. The first kappa shape index (κ1) is 14.6. The Bertz CT molecular complexity index is 436. The fourth-order valence-corrected chi connectivity index (χ4v) is 1.95. The van der Waals surface area contributed by atoms with E-state index in [4.69, 9.17) is 26.2 Å². The molecule has 18 heavy (non-hydrogen) atoms. The molecule has 0 radical (unpaired) electrons. The Kier molecular flexibility index (Phi) is 5.25. The molecular formula is C12H16ClNO4. The average molecular weight is 274 g/mol. The Morgan fingerprint density at radius 3 is 2.56 bits per heavy atom. The van der Waals surface area contributed by atoms with Crippen molar-refractivity contribution in [3.63, 3.8) is 0 Å². The zero-order chi connectivity index (χ0) is 13.7. The fourth-order valence-electron chi connectivity index (χ4n) is 1.64. The van der Waals surface area contributed by atoms with E-state index >= 15 is 0 Å². The Labute approximate surface area is 111 Å². The molecule has 1 rings (SSSR count). The summed E-state index contributed by atoms with van der Waals surface area (Å²) in [4.78, 5) is 10.9. The number of ether oxygens (including phenoxy) is 2. The van der Waals surface area contributed by atoms with Gasteiger partial charge in [-0.3, -0.25) is 4.79 Å². The van der Waals surface area contributed by atoms with Gasteiger partial charge in [-0.05, 0) is 31.2 Å². The van der Waals surface area contributed by atoms with E-state index in [1.807, 2.05) is 0 Å². The van der Waals surface area contributed by atoms with Gasteiger partial charge in [-0.15, -0.1) is 0 Å². The molecule has 0 fully saturated rings. The second-order valence-electron chi connectivity index (χ2n) is 3.70. The molecule has 0 amide bonds. The molecule has 0 saturated heterocycles. The van der Waals surface area contributed by atoms with Crippen LogP contribution in [0.3, 0.4) is 0 Å². The number of hydrogen-bond donors (Lipinski definition) is 2. The highest BCUT2D eigenvalue weighted by Gasteiger charge is 2.18. The molecule has 1 aromatic carbocycles. The molecule has 2 N–H and O–H groups in total. The highest BCUT2D eigenvalue weighted by Crippen LogP contribution is 2.36. The minimum absolute atomic E-state index is 0.311. The first-order valence-corrected chi connectivity index (χ1v) is 5.71. The maximum Gasteiger partial charge on any atom is 0.321 e. The largest absolute Gasteiger partial charge is 0.493 e. The van der Waals surface area contributed by atoms with Gasteiger partial charge in [-0.25, -0.2) is 0 Å². The summed E-state index contributed by atoms with van der Waals surface area (Å²) < 4.78 is 10.3. The molecule has 0 heterocycles. The Morgan fingerprint density at radius 2 is 2.11 bits per heavy atom. The minimum Gasteiger partial charge on any atom is -0.493 e. The highest BCUT2D eigenvalue weighted by atomic mass is 35.5. The summed E-state index contributed by atoms with van der Waals surface area (Å²) >= 11 is 6.05. The van der Waals surface area contributed by atoms with Crippen LogP contribution in [0.1, 0.15) is 5.56 Å². The van der Waals surface area contributed by atoms with Crippen molar-refractivity contribution >= 4 is 17.6 Å². The number of carboxylic acid groups (broad SMARTS) is 1. The monoisotopic (exact) mass is 273 g/mol. The Balaban J connectivity index is 3.04. The van der Waals surface area contributed by atoms with Gasteiger partial charge >= 0.3 is 5.97 Å². The lowest BCUT2D eigenvalue weighted by Gasteiger charge is -2.14. The van der Waals surface area contributed by atoms with E-state index in [0.717, 1.165) is 5.56 Å². The van der Waals surface area contributed by atoms with E-state index in [9.17, 15) is 4.79 Å². The summed E-state index contributed by atoms with van der Waals surface area (Å²) in [5, 5.41) is 12.1. The third kappa shape index (κ3) is 3.27. The van der Waals surface area contributed by atoms with Crippen LogP contribution >= 0.6 is 11.6 Å². The van der Waals surface area contributed by atoms with E-state index < -0.39 is 12.0 Å². The minimum atomic E-state index is -0.914. The average Bonchev–Trinajstić information content (AvgIpc) is 2.34. The first-order chi connectivity index (χ1) is 8.53. The van der Waals surface area contributed by atoms with Crippen LogP contribution in [0, 0.1) is 0 Å². The fraction of sp³-hybridized carbons (Fsp3) is 0.417. The number of likely N-dealkylation sites (N-methyl/N-ethyl adjacent to an activating group) is 1. The Hall–Kier alpha value is -1.46. The van der Waals surface area contributed by atoms with Crippen molar-refractivity contribution in [2.75, 3.05) is 21.3 Å². The second kappa shape index (κ2) is 6.47. The van der Waals surface area contributed by atoms with Crippen molar-refractivity contribution in [2.45, 2.75) is 12.5 Å². The molecule has 1 aromatic rings. The number of hydrogen-bond acceptors (Lipinski definition) is 4. The predicted octanol–water partition coefficient (Wildman–Crippen LogP) is 1.57. The van der Waals surface area contributed by atoms with E-state index in [0.29, 0.717) is 22.9 Å². The maximum absolute atomic E-state index is 10.9. The number of halogens is 1. The molecule has 0 aliphatic carbocycles. The van der Waals surface area contributed by atoms with Crippen LogP contribution in [0.25, 0.3) is 0 Å². The van der Waals surface area contributed by atoms with Crippen LogP contribution in [0.2, 0.25) is 5.02 Å². The normalized spacial score (nSPS) is 12.0. The summed E-state index contributed by atoms with van der Waals surface area (Å²) in [6.45, 7) is 0. The SMILES string of the molecule is CN[C@H](Cc1cc(Cl)c(OC)c(OC)c1)C(=O)O. The van der Waals surface area contributed by atoms with Crippen molar-refractivity contribution in [1.82, 2.24) is 5.32 Å².